The molecule has 0 aliphatic carbocycles. The van der Waals surface area contributed by atoms with Gasteiger partial charge >= 0.3 is 0 Å². The van der Waals surface area contributed by atoms with Crippen LogP contribution in [0.2, 0.25) is 0 Å². The van der Waals surface area contributed by atoms with Crippen molar-refractivity contribution >= 4 is 11.6 Å². The Bertz CT molecular complexity index is 872. The maximum Gasteiger partial charge on any atom is 0.257 e. The van der Waals surface area contributed by atoms with Gasteiger partial charge in [-0.2, -0.15) is 0 Å². The van der Waals surface area contributed by atoms with Gasteiger partial charge in [0, 0.05) is 29.3 Å². The van der Waals surface area contributed by atoms with E-state index in [4.69, 9.17) is 0 Å². The second-order valence-electron chi connectivity index (χ2n) is 5.45. The summed E-state index contributed by atoms with van der Waals surface area (Å²) in [5.74, 6) is 0.525. The van der Waals surface area contributed by atoms with Crippen molar-refractivity contribution in [2.45, 2.75) is 20.5 Å². The number of anilines is 1. The Balaban J connectivity index is 1.94. The molecule has 3 heterocycles. The van der Waals surface area contributed by atoms with E-state index in [2.05, 4.69) is 15.3 Å². The minimum Gasteiger partial charge on any atom is -0.392 e. The first kappa shape index (κ1) is 15.9. The monoisotopic (exact) mass is 322 g/mol. The van der Waals surface area contributed by atoms with E-state index >= 15 is 0 Å². The molecule has 0 bridgehead atoms. The summed E-state index contributed by atoms with van der Waals surface area (Å²) >= 11 is 0. The zero-order valence-electron chi connectivity index (χ0n) is 13.5. The molecule has 6 heteroatoms. The maximum atomic E-state index is 12.6. The van der Waals surface area contributed by atoms with Crippen molar-refractivity contribution in [1.29, 1.82) is 0 Å². The number of hydrogen-bond donors (Lipinski definition) is 2. The average Bonchev–Trinajstić information content (AvgIpc) is 2.90. The summed E-state index contributed by atoms with van der Waals surface area (Å²) in [5.41, 5.74) is 3.42. The Labute approximate surface area is 139 Å². The van der Waals surface area contributed by atoms with E-state index in [1.54, 1.807) is 18.5 Å². The lowest BCUT2D eigenvalue weighted by Gasteiger charge is -2.10. The number of aliphatic hydroxyl groups excluding tert-OH is 1. The molecule has 24 heavy (non-hydrogen) atoms. The highest BCUT2D eigenvalue weighted by molar-refractivity contribution is 6.05. The summed E-state index contributed by atoms with van der Waals surface area (Å²) in [5, 5.41) is 12.2. The third kappa shape index (κ3) is 2.91. The number of nitrogens with zero attached hydrogens (tertiary/aromatic N) is 3. The third-order valence-corrected chi connectivity index (χ3v) is 3.88. The second-order valence-corrected chi connectivity index (χ2v) is 5.45. The van der Waals surface area contributed by atoms with E-state index in [1.165, 1.54) is 6.20 Å². The first-order valence-corrected chi connectivity index (χ1v) is 7.57. The number of nitrogens with one attached hydrogen (secondary N) is 1. The largest absolute Gasteiger partial charge is 0.392 e. The Kier molecular flexibility index (Phi) is 4.39. The molecular weight excluding hydrogens is 304 g/mol. The van der Waals surface area contributed by atoms with E-state index in [1.807, 2.05) is 42.7 Å². The van der Waals surface area contributed by atoms with Crippen LogP contribution in [0.25, 0.3) is 5.82 Å². The van der Waals surface area contributed by atoms with Crippen LogP contribution in [-0.2, 0) is 6.61 Å². The van der Waals surface area contributed by atoms with E-state index in [0.717, 1.165) is 17.2 Å². The lowest BCUT2D eigenvalue weighted by atomic mass is 10.2. The summed E-state index contributed by atoms with van der Waals surface area (Å²) in [6.07, 6.45) is 4.83. The molecule has 3 aromatic rings. The van der Waals surface area contributed by atoms with Gasteiger partial charge in [-0.05, 0) is 38.1 Å². The fourth-order valence-corrected chi connectivity index (χ4v) is 2.69. The Hall–Kier alpha value is -2.99. The summed E-state index contributed by atoms with van der Waals surface area (Å²) < 4.78 is 1.94. The highest BCUT2D eigenvalue weighted by Gasteiger charge is 2.18. The Morgan fingerprint density at radius 2 is 2.08 bits per heavy atom. The Morgan fingerprint density at radius 3 is 2.79 bits per heavy atom. The van der Waals surface area contributed by atoms with Crippen LogP contribution in [0, 0.1) is 13.8 Å². The number of aromatic nitrogens is 3. The molecule has 1 amide bonds. The molecule has 0 fully saturated rings. The van der Waals surface area contributed by atoms with E-state index in [-0.39, 0.29) is 12.5 Å². The van der Waals surface area contributed by atoms with Gasteiger partial charge in [0.1, 0.15) is 5.82 Å². The predicted molar refractivity (Wildman–Crippen MR) is 91.2 cm³/mol. The number of pyridine rings is 2. The molecule has 0 aromatic carbocycles. The van der Waals surface area contributed by atoms with Crippen LogP contribution >= 0.6 is 0 Å². The van der Waals surface area contributed by atoms with Crippen molar-refractivity contribution in [3.63, 3.8) is 0 Å². The van der Waals surface area contributed by atoms with Crippen molar-refractivity contribution in [3.8, 4) is 5.82 Å². The van der Waals surface area contributed by atoms with E-state index < -0.39 is 0 Å². The average molecular weight is 322 g/mol. The minimum absolute atomic E-state index is 0.162. The number of rotatable bonds is 4. The van der Waals surface area contributed by atoms with Gasteiger partial charge in [-0.15, -0.1) is 0 Å². The number of carbonyl (C=O) groups excluding carboxylic acids is 1. The van der Waals surface area contributed by atoms with Crippen LogP contribution in [0.5, 0.6) is 0 Å². The third-order valence-electron chi connectivity index (χ3n) is 3.88. The van der Waals surface area contributed by atoms with Crippen LogP contribution < -0.4 is 5.32 Å². The molecular formula is C18H18N4O2. The van der Waals surface area contributed by atoms with Gasteiger partial charge in [-0.1, -0.05) is 6.07 Å². The summed E-state index contributed by atoms with van der Waals surface area (Å²) in [6.45, 7) is 3.65. The van der Waals surface area contributed by atoms with Gasteiger partial charge in [-0.3, -0.25) is 9.78 Å². The van der Waals surface area contributed by atoms with Gasteiger partial charge in [0.25, 0.3) is 5.91 Å². The number of carbonyl (C=O) groups is 1. The number of aryl methyl sites for hydroxylation is 1. The van der Waals surface area contributed by atoms with Crippen molar-refractivity contribution in [2.75, 3.05) is 5.32 Å². The molecule has 0 saturated carbocycles. The number of amides is 1. The summed E-state index contributed by atoms with van der Waals surface area (Å²) in [7, 11) is 0. The molecule has 122 valence electrons. The first-order valence-electron chi connectivity index (χ1n) is 7.57. The predicted octanol–water partition coefficient (Wildman–Crippen LogP) is 2.63. The second kappa shape index (κ2) is 6.64. The number of aliphatic hydroxyl groups is 1. The van der Waals surface area contributed by atoms with Gasteiger partial charge in [0.15, 0.2) is 0 Å². The highest BCUT2D eigenvalue weighted by atomic mass is 16.3. The molecule has 6 nitrogen and oxygen atoms in total. The smallest absolute Gasteiger partial charge is 0.257 e. The molecule has 0 atom stereocenters. The molecule has 0 spiro atoms. The minimum atomic E-state index is -0.243. The maximum absolute atomic E-state index is 12.6. The zero-order chi connectivity index (χ0) is 17.1. The van der Waals surface area contributed by atoms with E-state index in [0.29, 0.717) is 16.8 Å². The van der Waals surface area contributed by atoms with E-state index in [9.17, 15) is 9.90 Å². The molecule has 0 unspecified atom stereocenters. The van der Waals surface area contributed by atoms with Crippen molar-refractivity contribution < 1.29 is 9.90 Å². The quantitative estimate of drug-likeness (QED) is 0.774. The van der Waals surface area contributed by atoms with Crippen molar-refractivity contribution in [3.05, 3.63) is 71.4 Å². The van der Waals surface area contributed by atoms with Crippen molar-refractivity contribution in [1.82, 2.24) is 14.5 Å². The van der Waals surface area contributed by atoms with Crippen molar-refractivity contribution in [2.24, 2.45) is 0 Å². The standard InChI is InChI=1S/C18H18N4O2/c1-12-9-15(13(2)22(12)17-5-3-4-7-20-17)18(24)21-16-10-19-8-6-14(16)11-23/h3-10,23H,11H2,1-2H3,(H,21,24). The molecule has 2 N–H and O–H groups in total. The van der Waals surface area contributed by atoms with Crippen LogP contribution in [0.3, 0.4) is 0 Å². The van der Waals surface area contributed by atoms with Crippen LogP contribution in [0.1, 0.15) is 27.3 Å². The topological polar surface area (TPSA) is 80.0 Å². The zero-order valence-corrected chi connectivity index (χ0v) is 13.5. The van der Waals surface area contributed by atoms with Crippen LogP contribution in [0.4, 0.5) is 5.69 Å². The molecule has 3 rings (SSSR count). The first-order chi connectivity index (χ1) is 11.6. The highest BCUT2D eigenvalue weighted by Crippen LogP contribution is 2.21. The lowest BCUT2D eigenvalue weighted by molar-refractivity contribution is 0.102. The molecule has 0 aliphatic rings. The number of hydrogen-bond acceptors (Lipinski definition) is 4. The summed E-state index contributed by atoms with van der Waals surface area (Å²) in [6, 6.07) is 9.15. The van der Waals surface area contributed by atoms with Gasteiger partial charge in [0.05, 0.1) is 24.1 Å². The Morgan fingerprint density at radius 1 is 1.25 bits per heavy atom. The molecule has 0 aliphatic heterocycles. The summed E-state index contributed by atoms with van der Waals surface area (Å²) in [4.78, 5) is 21.0. The lowest BCUT2D eigenvalue weighted by Crippen LogP contribution is -2.14. The fraction of sp³-hybridized carbons (Fsp3) is 0.167. The van der Waals surface area contributed by atoms with Crippen LogP contribution in [-0.4, -0.2) is 25.5 Å². The van der Waals surface area contributed by atoms with Gasteiger partial charge in [-0.25, -0.2) is 4.98 Å². The SMILES string of the molecule is Cc1cc(C(=O)Nc2cnccc2CO)c(C)n1-c1ccccn1. The normalized spacial score (nSPS) is 10.6. The van der Waals surface area contributed by atoms with Gasteiger partial charge in [0.2, 0.25) is 0 Å². The van der Waals surface area contributed by atoms with Gasteiger partial charge < -0.3 is 15.0 Å². The van der Waals surface area contributed by atoms with Crippen LogP contribution in [0.15, 0.2) is 48.9 Å². The molecule has 0 saturated heterocycles. The fourth-order valence-electron chi connectivity index (χ4n) is 2.69. The molecule has 3 aromatic heterocycles. The molecule has 0 radical (unpaired) electrons.